The van der Waals surface area contributed by atoms with E-state index in [4.69, 9.17) is 11.6 Å². The van der Waals surface area contributed by atoms with Gasteiger partial charge in [0, 0.05) is 9.50 Å². The van der Waals surface area contributed by atoms with E-state index in [1.54, 1.807) is 0 Å². The van der Waals surface area contributed by atoms with E-state index in [2.05, 4.69) is 60.2 Å². The first-order chi connectivity index (χ1) is 9.52. The monoisotopic (exact) mass is 351 g/mol. The highest BCUT2D eigenvalue weighted by Gasteiger charge is 2.15. The van der Waals surface area contributed by atoms with E-state index in [9.17, 15) is 0 Å². The molecule has 1 unspecified atom stereocenters. The van der Waals surface area contributed by atoms with Crippen molar-refractivity contribution in [3.63, 3.8) is 0 Å². The van der Waals surface area contributed by atoms with Crippen molar-refractivity contribution in [2.75, 3.05) is 6.54 Å². The van der Waals surface area contributed by atoms with Crippen LogP contribution in [-0.4, -0.2) is 6.54 Å². The molecule has 0 aliphatic carbocycles. The third kappa shape index (κ3) is 3.43. The summed E-state index contributed by atoms with van der Waals surface area (Å²) in [6, 6.07) is 12.7. The van der Waals surface area contributed by atoms with Crippen LogP contribution < -0.4 is 5.32 Å². The van der Waals surface area contributed by atoms with Gasteiger partial charge >= 0.3 is 0 Å². The minimum Gasteiger partial charge on any atom is -0.307 e. The Bertz CT molecular complexity index is 587. The number of rotatable bonds is 4. The fourth-order valence-corrected chi connectivity index (χ4v) is 2.89. The molecule has 0 spiro atoms. The number of hydrogen-bond acceptors (Lipinski definition) is 1. The zero-order valence-electron chi connectivity index (χ0n) is 12.0. The van der Waals surface area contributed by atoms with Crippen molar-refractivity contribution in [1.29, 1.82) is 0 Å². The van der Waals surface area contributed by atoms with Crippen LogP contribution in [0.2, 0.25) is 5.02 Å². The summed E-state index contributed by atoms with van der Waals surface area (Å²) in [5.41, 5.74) is 4.97. The molecule has 0 aliphatic rings. The van der Waals surface area contributed by atoms with Gasteiger partial charge in [0.05, 0.1) is 6.04 Å². The lowest BCUT2D eigenvalue weighted by molar-refractivity contribution is 0.630. The summed E-state index contributed by atoms with van der Waals surface area (Å²) >= 11 is 9.76. The van der Waals surface area contributed by atoms with E-state index in [1.165, 1.54) is 26.7 Å². The van der Waals surface area contributed by atoms with Crippen LogP contribution in [0.15, 0.2) is 40.9 Å². The molecule has 0 radical (unpaired) electrons. The van der Waals surface area contributed by atoms with Crippen molar-refractivity contribution in [3.05, 3.63) is 68.1 Å². The molecule has 1 nitrogen and oxygen atoms in total. The van der Waals surface area contributed by atoms with Crippen LogP contribution in [0.3, 0.4) is 0 Å². The highest BCUT2D eigenvalue weighted by molar-refractivity contribution is 9.10. The second-order valence-electron chi connectivity index (χ2n) is 5.01. The lowest BCUT2D eigenvalue weighted by Gasteiger charge is -2.21. The normalized spacial score (nSPS) is 12.4. The van der Waals surface area contributed by atoms with E-state index < -0.39 is 0 Å². The minimum atomic E-state index is 0.171. The molecule has 0 aromatic heterocycles. The van der Waals surface area contributed by atoms with E-state index in [0.717, 1.165) is 11.6 Å². The lowest BCUT2D eigenvalue weighted by atomic mass is 9.95. The summed E-state index contributed by atoms with van der Waals surface area (Å²) in [5, 5.41) is 4.32. The van der Waals surface area contributed by atoms with Gasteiger partial charge in [-0.1, -0.05) is 58.7 Å². The molecule has 2 aromatic rings. The van der Waals surface area contributed by atoms with Crippen LogP contribution in [-0.2, 0) is 0 Å². The topological polar surface area (TPSA) is 12.0 Å². The van der Waals surface area contributed by atoms with Crippen LogP contribution in [0.1, 0.15) is 35.2 Å². The van der Waals surface area contributed by atoms with Gasteiger partial charge in [0.15, 0.2) is 0 Å². The second-order valence-corrected chi connectivity index (χ2v) is 6.24. The maximum Gasteiger partial charge on any atom is 0.0577 e. The maximum absolute atomic E-state index is 6.13. The van der Waals surface area contributed by atoms with Gasteiger partial charge in [0.2, 0.25) is 0 Å². The number of hydrogen-bond donors (Lipinski definition) is 1. The van der Waals surface area contributed by atoms with Crippen LogP contribution >= 0.6 is 27.5 Å². The van der Waals surface area contributed by atoms with Gasteiger partial charge in [-0.2, -0.15) is 0 Å². The van der Waals surface area contributed by atoms with Crippen LogP contribution in [0.5, 0.6) is 0 Å². The summed E-state index contributed by atoms with van der Waals surface area (Å²) in [4.78, 5) is 0. The molecule has 106 valence electrons. The zero-order valence-corrected chi connectivity index (χ0v) is 14.3. The minimum absolute atomic E-state index is 0.171. The predicted molar refractivity (Wildman–Crippen MR) is 90.6 cm³/mol. The Hall–Kier alpha value is -0.830. The van der Waals surface area contributed by atoms with Gasteiger partial charge in [-0.15, -0.1) is 0 Å². The summed E-state index contributed by atoms with van der Waals surface area (Å²) in [7, 11) is 0. The molecule has 1 N–H and O–H groups in total. The number of aryl methyl sites for hydroxylation is 2. The fraction of sp³-hybridized carbons (Fsp3) is 0.294. The molecule has 0 saturated heterocycles. The quantitative estimate of drug-likeness (QED) is 0.775. The first kappa shape index (κ1) is 15.6. The average molecular weight is 353 g/mol. The molecule has 20 heavy (non-hydrogen) atoms. The van der Waals surface area contributed by atoms with E-state index in [1.807, 2.05) is 18.2 Å². The summed E-state index contributed by atoms with van der Waals surface area (Å²) < 4.78 is 1.18. The molecule has 0 bridgehead atoms. The van der Waals surface area contributed by atoms with Gasteiger partial charge < -0.3 is 5.32 Å². The lowest BCUT2D eigenvalue weighted by Crippen LogP contribution is -2.22. The van der Waals surface area contributed by atoms with Crippen molar-refractivity contribution in [2.45, 2.75) is 26.8 Å². The SMILES string of the molecule is CCNC(c1cccc(Cl)c1)c1cc(C)c(Br)c(C)c1. The molecule has 0 fully saturated rings. The summed E-state index contributed by atoms with van der Waals surface area (Å²) in [6.07, 6.45) is 0. The molecule has 0 heterocycles. The summed E-state index contributed by atoms with van der Waals surface area (Å²) in [5.74, 6) is 0. The van der Waals surface area contributed by atoms with Crippen molar-refractivity contribution in [3.8, 4) is 0 Å². The highest BCUT2D eigenvalue weighted by Crippen LogP contribution is 2.29. The Morgan fingerprint density at radius 1 is 1.10 bits per heavy atom. The van der Waals surface area contributed by atoms with Gasteiger partial charge in [-0.25, -0.2) is 0 Å². The van der Waals surface area contributed by atoms with Gasteiger partial charge in [-0.05, 0) is 54.8 Å². The predicted octanol–water partition coefficient (Wildman–Crippen LogP) is 5.42. The van der Waals surface area contributed by atoms with E-state index in [0.29, 0.717) is 0 Å². The number of halogens is 2. The van der Waals surface area contributed by atoms with E-state index in [-0.39, 0.29) is 6.04 Å². The Kier molecular flexibility index (Phi) is 5.25. The highest BCUT2D eigenvalue weighted by atomic mass is 79.9. The van der Waals surface area contributed by atoms with E-state index >= 15 is 0 Å². The molecule has 2 rings (SSSR count). The van der Waals surface area contributed by atoms with Crippen LogP contribution in [0.25, 0.3) is 0 Å². The number of benzene rings is 2. The van der Waals surface area contributed by atoms with Crippen molar-refractivity contribution in [2.24, 2.45) is 0 Å². The van der Waals surface area contributed by atoms with Gasteiger partial charge in [-0.3, -0.25) is 0 Å². The Morgan fingerprint density at radius 3 is 2.30 bits per heavy atom. The summed E-state index contributed by atoms with van der Waals surface area (Å²) in [6.45, 7) is 7.28. The molecule has 1 atom stereocenters. The smallest absolute Gasteiger partial charge is 0.0577 e. The Morgan fingerprint density at radius 2 is 1.75 bits per heavy atom. The van der Waals surface area contributed by atoms with Crippen molar-refractivity contribution < 1.29 is 0 Å². The number of nitrogens with one attached hydrogen (secondary N) is 1. The van der Waals surface area contributed by atoms with Crippen LogP contribution in [0, 0.1) is 13.8 Å². The maximum atomic E-state index is 6.13. The first-order valence-corrected chi connectivity index (χ1v) is 7.95. The first-order valence-electron chi connectivity index (χ1n) is 6.78. The molecule has 0 amide bonds. The standard InChI is InChI=1S/C17H19BrClN/c1-4-20-17(13-6-5-7-15(19)10-13)14-8-11(2)16(18)12(3)9-14/h5-10,17,20H,4H2,1-3H3. The fourth-order valence-electron chi connectivity index (χ4n) is 2.46. The molecule has 3 heteroatoms. The second kappa shape index (κ2) is 6.75. The Labute approximate surface area is 134 Å². The van der Waals surface area contributed by atoms with Crippen LogP contribution in [0.4, 0.5) is 0 Å². The third-order valence-corrected chi connectivity index (χ3v) is 4.87. The molecule has 2 aromatic carbocycles. The zero-order chi connectivity index (χ0) is 14.7. The Balaban J connectivity index is 2.48. The largest absolute Gasteiger partial charge is 0.307 e. The average Bonchev–Trinajstić information content (AvgIpc) is 2.41. The van der Waals surface area contributed by atoms with Gasteiger partial charge in [0.25, 0.3) is 0 Å². The molecule has 0 aliphatic heterocycles. The van der Waals surface area contributed by atoms with Gasteiger partial charge in [0.1, 0.15) is 0 Å². The van der Waals surface area contributed by atoms with Crippen molar-refractivity contribution >= 4 is 27.5 Å². The molecular weight excluding hydrogens is 334 g/mol. The van der Waals surface area contributed by atoms with Crippen molar-refractivity contribution in [1.82, 2.24) is 5.32 Å². The molecule has 0 saturated carbocycles. The molecular formula is C17H19BrClN. The third-order valence-electron chi connectivity index (χ3n) is 3.38.